The molecule has 1 aliphatic rings. The molecule has 0 saturated heterocycles. The van der Waals surface area contributed by atoms with Crippen molar-refractivity contribution in [3.8, 4) is 0 Å². The average molecular weight is 366 g/mol. The molecule has 0 atom stereocenters. The summed E-state index contributed by atoms with van der Waals surface area (Å²) in [7, 11) is 0. The van der Waals surface area contributed by atoms with E-state index < -0.39 is 0 Å². The molecule has 0 fully saturated rings. The zero-order valence-electron chi connectivity index (χ0n) is 16.3. The number of hydrogen-bond acceptors (Lipinski definition) is 2. The number of benzene rings is 3. The summed E-state index contributed by atoms with van der Waals surface area (Å²) in [5.74, 6) is 0.553. The first-order chi connectivity index (χ1) is 13.5. The van der Waals surface area contributed by atoms with Gasteiger partial charge < -0.3 is 0 Å². The summed E-state index contributed by atoms with van der Waals surface area (Å²) in [6.07, 6.45) is 1.85. The Hall–Kier alpha value is -3.46. The fourth-order valence-electron chi connectivity index (χ4n) is 3.25. The van der Waals surface area contributed by atoms with Crippen LogP contribution in [0.2, 0.25) is 0 Å². The van der Waals surface area contributed by atoms with Crippen molar-refractivity contribution in [1.29, 1.82) is 0 Å². The topological polar surface area (TPSA) is 32.7 Å². The van der Waals surface area contributed by atoms with Crippen molar-refractivity contribution >= 4 is 23.5 Å². The molecule has 1 aliphatic heterocycles. The lowest BCUT2D eigenvalue weighted by molar-refractivity contribution is -0.113. The van der Waals surface area contributed by atoms with Gasteiger partial charge in [-0.15, -0.1) is 0 Å². The Labute approximate surface area is 165 Å². The monoisotopic (exact) mass is 366 g/mol. The lowest BCUT2D eigenvalue weighted by Crippen LogP contribution is -2.32. The molecule has 28 heavy (non-hydrogen) atoms. The van der Waals surface area contributed by atoms with Crippen molar-refractivity contribution in [3.05, 3.63) is 106 Å². The van der Waals surface area contributed by atoms with Crippen LogP contribution in [0.5, 0.6) is 0 Å². The minimum Gasteiger partial charge on any atom is -0.266 e. The summed E-state index contributed by atoms with van der Waals surface area (Å²) in [5.41, 5.74) is 6.63. The van der Waals surface area contributed by atoms with E-state index in [1.54, 1.807) is 4.90 Å². The van der Waals surface area contributed by atoms with Crippen molar-refractivity contribution < 1.29 is 4.79 Å². The molecule has 138 valence electrons. The van der Waals surface area contributed by atoms with E-state index >= 15 is 0 Å². The molecule has 3 heteroatoms. The van der Waals surface area contributed by atoms with Gasteiger partial charge in [0.25, 0.3) is 5.91 Å². The Bertz CT molecular complexity index is 1090. The molecule has 0 bridgehead atoms. The smallest absolute Gasteiger partial charge is 0.266 e. The Balaban J connectivity index is 1.82. The molecule has 0 N–H and O–H groups in total. The van der Waals surface area contributed by atoms with E-state index in [4.69, 9.17) is 4.99 Å². The molecule has 1 amide bonds. The zero-order chi connectivity index (χ0) is 19.7. The predicted molar refractivity (Wildman–Crippen MR) is 116 cm³/mol. The molecule has 0 radical (unpaired) electrons. The number of rotatable bonds is 3. The van der Waals surface area contributed by atoms with Crippen LogP contribution in [0.3, 0.4) is 0 Å². The van der Waals surface area contributed by atoms with Crippen molar-refractivity contribution in [1.82, 2.24) is 0 Å². The molecule has 0 aliphatic carbocycles. The zero-order valence-corrected chi connectivity index (χ0v) is 16.3. The number of amidine groups is 1. The van der Waals surface area contributed by atoms with Crippen molar-refractivity contribution in [2.24, 2.45) is 4.99 Å². The summed E-state index contributed by atoms with van der Waals surface area (Å²) in [5, 5.41) is 0. The van der Waals surface area contributed by atoms with Crippen LogP contribution < -0.4 is 4.90 Å². The van der Waals surface area contributed by atoms with Gasteiger partial charge in [-0.1, -0.05) is 71.3 Å². The van der Waals surface area contributed by atoms with Gasteiger partial charge in [0.15, 0.2) is 0 Å². The minimum absolute atomic E-state index is 0.110. The van der Waals surface area contributed by atoms with Gasteiger partial charge >= 0.3 is 0 Å². The van der Waals surface area contributed by atoms with Crippen LogP contribution in [0, 0.1) is 20.8 Å². The lowest BCUT2D eigenvalue weighted by Gasteiger charge is -2.19. The number of nitrogens with zero attached hydrogens (tertiary/aromatic N) is 2. The molecule has 3 aromatic rings. The molecule has 4 rings (SSSR count). The number of carbonyl (C=O) groups is 1. The second-order valence-corrected chi connectivity index (χ2v) is 7.22. The van der Waals surface area contributed by atoms with Gasteiger partial charge in [-0.3, -0.25) is 9.69 Å². The molecule has 1 heterocycles. The summed E-state index contributed by atoms with van der Waals surface area (Å²) in [6.45, 7) is 6.12. The number of anilines is 1. The van der Waals surface area contributed by atoms with E-state index in [1.807, 2.05) is 93.6 Å². The van der Waals surface area contributed by atoms with Gasteiger partial charge in [0.1, 0.15) is 11.5 Å². The Kier molecular flexibility index (Phi) is 4.66. The van der Waals surface area contributed by atoms with E-state index in [2.05, 4.69) is 6.07 Å². The Morgan fingerprint density at radius 1 is 0.786 bits per heavy atom. The van der Waals surface area contributed by atoms with Crippen LogP contribution >= 0.6 is 0 Å². The third-order valence-corrected chi connectivity index (χ3v) is 4.81. The highest BCUT2D eigenvalue weighted by atomic mass is 16.2. The van der Waals surface area contributed by atoms with E-state index in [-0.39, 0.29) is 5.91 Å². The van der Waals surface area contributed by atoms with Crippen molar-refractivity contribution in [3.63, 3.8) is 0 Å². The first-order valence-electron chi connectivity index (χ1n) is 9.36. The average Bonchev–Trinajstić information content (AvgIpc) is 3.01. The molecule has 3 aromatic carbocycles. The van der Waals surface area contributed by atoms with Gasteiger partial charge in [-0.25, -0.2) is 4.99 Å². The van der Waals surface area contributed by atoms with E-state index in [0.29, 0.717) is 11.5 Å². The van der Waals surface area contributed by atoms with Crippen LogP contribution in [-0.4, -0.2) is 11.7 Å². The molecular weight excluding hydrogens is 344 g/mol. The van der Waals surface area contributed by atoms with Crippen LogP contribution in [0.4, 0.5) is 5.69 Å². The van der Waals surface area contributed by atoms with Crippen molar-refractivity contribution in [2.45, 2.75) is 20.8 Å². The van der Waals surface area contributed by atoms with Crippen LogP contribution in [-0.2, 0) is 4.79 Å². The molecule has 0 saturated carbocycles. The highest BCUT2D eigenvalue weighted by molar-refractivity contribution is 6.33. The fourth-order valence-corrected chi connectivity index (χ4v) is 3.25. The number of carbonyl (C=O) groups excluding carboxylic acids is 1. The molecule has 0 spiro atoms. The van der Waals surface area contributed by atoms with Gasteiger partial charge in [-0.2, -0.15) is 0 Å². The maximum Gasteiger partial charge on any atom is 0.282 e. The largest absolute Gasteiger partial charge is 0.282 e. The van der Waals surface area contributed by atoms with Crippen LogP contribution in [0.15, 0.2) is 83.5 Å². The minimum atomic E-state index is -0.110. The quantitative estimate of drug-likeness (QED) is 0.568. The second kappa shape index (κ2) is 7.28. The maximum atomic E-state index is 13.3. The molecule has 3 nitrogen and oxygen atoms in total. The standard InChI is InChI=1S/C25H22N2O/c1-17-7-11-20(12-8-17)16-23-25(28)27(22-13-9-18(2)10-14-22)24(26-23)21-6-4-5-19(3)15-21/h4-16H,1-3H3/b23-16+. The fraction of sp³-hybridized carbons (Fsp3) is 0.120. The second-order valence-electron chi connectivity index (χ2n) is 7.22. The maximum absolute atomic E-state index is 13.3. The number of hydrogen-bond donors (Lipinski definition) is 0. The van der Waals surface area contributed by atoms with Gasteiger partial charge in [0.05, 0.1) is 5.69 Å². The molecule has 0 unspecified atom stereocenters. The molecule has 0 aromatic heterocycles. The van der Waals surface area contributed by atoms with E-state index in [0.717, 1.165) is 27.9 Å². The lowest BCUT2D eigenvalue weighted by atomic mass is 10.1. The Morgan fingerprint density at radius 2 is 1.43 bits per heavy atom. The van der Waals surface area contributed by atoms with Crippen LogP contribution in [0.25, 0.3) is 6.08 Å². The predicted octanol–water partition coefficient (Wildman–Crippen LogP) is 5.45. The van der Waals surface area contributed by atoms with Crippen molar-refractivity contribution in [2.75, 3.05) is 4.90 Å². The number of aliphatic imine (C=N–C) groups is 1. The summed E-state index contributed by atoms with van der Waals surface area (Å²) in [4.78, 5) is 19.7. The first kappa shape index (κ1) is 17.9. The summed E-state index contributed by atoms with van der Waals surface area (Å²) in [6, 6.07) is 24.1. The van der Waals surface area contributed by atoms with E-state index in [9.17, 15) is 4.79 Å². The van der Waals surface area contributed by atoms with Crippen LogP contribution in [0.1, 0.15) is 27.8 Å². The van der Waals surface area contributed by atoms with Gasteiger partial charge in [0.2, 0.25) is 0 Å². The summed E-state index contributed by atoms with van der Waals surface area (Å²) < 4.78 is 0. The highest BCUT2D eigenvalue weighted by Gasteiger charge is 2.32. The normalized spacial score (nSPS) is 15.2. The highest BCUT2D eigenvalue weighted by Crippen LogP contribution is 2.28. The third kappa shape index (κ3) is 3.52. The number of aryl methyl sites for hydroxylation is 3. The van der Waals surface area contributed by atoms with E-state index in [1.165, 1.54) is 5.56 Å². The SMILES string of the molecule is Cc1ccc(/C=C2/N=C(c3cccc(C)c3)N(c3ccc(C)cc3)C2=O)cc1. The van der Waals surface area contributed by atoms with Gasteiger partial charge in [0, 0.05) is 5.56 Å². The Morgan fingerprint density at radius 3 is 2.07 bits per heavy atom. The molecular formula is C25H22N2O. The van der Waals surface area contributed by atoms with Gasteiger partial charge in [-0.05, 0) is 50.6 Å². The third-order valence-electron chi connectivity index (χ3n) is 4.81. The summed E-state index contributed by atoms with van der Waals surface area (Å²) >= 11 is 0. The first-order valence-corrected chi connectivity index (χ1v) is 9.36. The number of amides is 1.